The minimum atomic E-state index is -2.03. The summed E-state index contributed by atoms with van der Waals surface area (Å²) in [7, 11) is -2.03. The second kappa shape index (κ2) is 19.9. The third-order valence-corrected chi connectivity index (χ3v) is 11.1. The number of nitrogens with zero attached hydrogens (tertiary/aromatic N) is 4. The van der Waals surface area contributed by atoms with Crippen molar-refractivity contribution in [3.8, 4) is 0 Å². The summed E-state index contributed by atoms with van der Waals surface area (Å²) in [5, 5.41) is 15.9. The van der Waals surface area contributed by atoms with Crippen molar-refractivity contribution >= 4 is 76.6 Å². The van der Waals surface area contributed by atoms with E-state index in [1.54, 1.807) is 0 Å². The second-order valence-corrected chi connectivity index (χ2v) is 13.4. The minimum absolute atomic E-state index is 0. The van der Waals surface area contributed by atoms with E-state index in [2.05, 4.69) is 109 Å². The van der Waals surface area contributed by atoms with Crippen molar-refractivity contribution in [1.29, 1.82) is 0 Å². The summed E-state index contributed by atoms with van der Waals surface area (Å²) in [5.41, 5.74) is 5.94. The van der Waals surface area contributed by atoms with Crippen molar-refractivity contribution in [3.63, 3.8) is 0 Å². The average Bonchev–Trinajstić information content (AvgIpc) is 3.02. The van der Waals surface area contributed by atoms with Crippen molar-refractivity contribution in [2.75, 3.05) is 25.8 Å². The molecule has 3 aromatic carbocycles. The Hall–Kier alpha value is -3.20. The molecule has 0 saturated carbocycles. The molecule has 1 radical (unpaired) electrons. The number of carbonyl (C=O) groups is 1. The number of nitrogens with one attached hydrogen (secondary N) is 3. The van der Waals surface area contributed by atoms with Gasteiger partial charge in [0.1, 0.15) is 23.2 Å². The third kappa shape index (κ3) is 11.4. The summed E-state index contributed by atoms with van der Waals surface area (Å²) in [5.74, 6) is -0.0753. The van der Waals surface area contributed by atoms with Gasteiger partial charge in [-0.2, -0.15) is 10.2 Å². The van der Waals surface area contributed by atoms with Crippen LogP contribution in [0.15, 0.2) is 111 Å². The monoisotopic (exact) mass is 681 g/mol. The van der Waals surface area contributed by atoms with E-state index in [-0.39, 0.29) is 39.7 Å². The van der Waals surface area contributed by atoms with Crippen LogP contribution < -0.4 is 32.1 Å². The molecular formula is C31H37CuN7OPS2+. The molecule has 3 N–H and O–H groups in total. The quantitative estimate of drug-likeness (QED) is 0.0606. The maximum absolute atomic E-state index is 13.0. The Kier molecular flexibility index (Phi) is 16.6. The summed E-state index contributed by atoms with van der Waals surface area (Å²) in [6, 6.07) is 31.8. The van der Waals surface area contributed by atoms with E-state index >= 15 is 0 Å². The molecule has 0 aliphatic carbocycles. The second-order valence-electron chi connectivity index (χ2n) is 9.03. The Morgan fingerprint density at radius 1 is 0.744 bits per heavy atom. The van der Waals surface area contributed by atoms with Gasteiger partial charge in [-0.25, -0.2) is 0 Å². The normalized spacial score (nSPS) is 12.5. The SMILES string of the molecule is CCN=C([S-])N/N=C/C(CCC(=O)NCC[P+](c1ccccc1)(c1ccccc1)c1ccccc1)=N/NC([S-])=NCC.[Cu+2]. The Labute approximate surface area is 277 Å². The first-order valence-electron chi connectivity index (χ1n) is 13.9. The van der Waals surface area contributed by atoms with Crippen LogP contribution in [0.25, 0.3) is 0 Å². The predicted octanol–water partition coefficient (Wildman–Crippen LogP) is 3.24. The smallest absolute Gasteiger partial charge is 0.741 e. The molecule has 0 heterocycles. The fraction of sp³-hybridized carbons (Fsp3) is 0.258. The Morgan fingerprint density at radius 2 is 1.21 bits per heavy atom. The van der Waals surface area contributed by atoms with Crippen LogP contribution in [0.4, 0.5) is 0 Å². The number of hydrazone groups is 2. The molecule has 8 nitrogen and oxygen atoms in total. The Balaban J connectivity index is 0.00000645. The fourth-order valence-corrected chi connectivity index (χ4v) is 8.88. The number of hydrogen-bond donors (Lipinski definition) is 3. The molecule has 0 aliphatic heterocycles. The zero-order chi connectivity index (χ0) is 30.0. The molecule has 0 saturated heterocycles. The van der Waals surface area contributed by atoms with Crippen molar-refractivity contribution in [2.45, 2.75) is 26.7 Å². The van der Waals surface area contributed by atoms with E-state index < -0.39 is 7.26 Å². The predicted molar refractivity (Wildman–Crippen MR) is 185 cm³/mol. The molecule has 0 aromatic heterocycles. The maximum Gasteiger partial charge on any atom is 2.00 e. The zero-order valence-corrected chi connectivity index (χ0v) is 27.7. The molecule has 229 valence electrons. The Bertz CT molecular complexity index is 1280. The van der Waals surface area contributed by atoms with Gasteiger partial charge in [0.25, 0.3) is 0 Å². The zero-order valence-electron chi connectivity index (χ0n) is 24.2. The van der Waals surface area contributed by atoms with E-state index in [1.807, 2.05) is 32.0 Å². The van der Waals surface area contributed by atoms with Gasteiger partial charge in [-0.3, -0.25) is 25.6 Å². The molecular weight excluding hydrogens is 645 g/mol. The number of hydrogen-bond acceptors (Lipinski definition) is 7. The molecule has 3 aromatic rings. The number of carbonyl (C=O) groups excluding carboxylic acids is 1. The number of aliphatic imine (C=N–C) groups is 2. The van der Waals surface area contributed by atoms with Gasteiger partial charge in [-0.1, -0.05) is 54.6 Å². The van der Waals surface area contributed by atoms with Gasteiger partial charge in [0, 0.05) is 25.9 Å². The molecule has 43 heavy (non-hydrogen) atoms. The van der Waals surface area contributed by atoms with Gasteiger partial charge in [-0.05, 0) is 60.6 Å². The van der Waals surface area contributed by atoms with Crippen molar-refractivity contribution in [1.82, 2.24) is 16.2 Å². The van der Waals surface area contributed by atoms with Crippen LogP contribution in [0.2, 0.25) is 0 Å². The first-order chi connectivity index (χ1) is 20.5. The van der Waals surface area contributed by atoms with Gasteiger partial charge in [0.2, 0.25) is 5.91 Å². The van der Waals surface area contributed by atoms with E-state index in [0.717, 1.165) is 6.16 Å². The average molecular weight is 682 g/mol. The maximum atomic E-state index is 13.0. The van der Waals surface area contributed by atoms with Crippen molar-refractivity contribution in [3.05, 3.63) is 91.0 Å². The minimum Gasteiger partial charge on any atom is -0.741 e. The van der Waals surface area contributed by atoms with Crippen LogP contribution in [-0.4, -0.2) is 54.0 Å². The molecule has 0 atom stereocenters. The topological polar surface area (TPSA) is 103 Å². The standard InChI is InChI=1S/C31H38N7OPS2.Cu/c1-3-32-30(41)37-35-24-25(36-38-31(42)33-4-2)20-21-29(39)34-22-23-40(26-14-8-5-9-15-26,27-16-10-6-11-17-27)28-18-12-7-13-19-28;/h5-19,24H,3-4,20-23H2,1-2H3,(H4-,32,33,34,35,36,37,38,39,41,42);/q;+2/p-1. The largest absolute Gasteiger partial charge is 2.00 e. The third-order valence-electron chi connectivity index (χ3n) is 6.24. The summed E-state index contributed by atoms with van der Waals surface area (Å²) in [6.07, 6.45) is 2.85. The fourth-order valence-electron chi connectivity index (χ4n) is 4.36. The molecule has 0 spiro atoms. The van der Waals surface area contributed by atoms with Crippen LogP contribution in [-0.2, 0) is 47.1 Å². The van der Waals surface area contributed by atoms with Gasteiger partial charge in [-0.15, -0.1) is 0 Å². The molecule has 0 aliphatic rings. The number of benzene rings is 3. The van der Waals surface area contributed by atoms with Crippen LogP contribution >= 0.6 is 7.26 Å². The van der Waals surface area contributed by atoms with Gasteiger partial charge >= 0.3 is 17.1 Å². The van der Waals surface area contributed by atoms with Crippen LogP contribution in [0.1, 0.15) is 26.7 Å². The van der Waals surface area contributed by atoms with Gasteiger partial charge < -0.3 is 30.6 Å². The summed E-state index contributed by atoms with van der Waals surface area (Å²) < 4.78 is 0. The van der Waals surface area contributed by atoms with E-state index in [4.69, 9.17) is 25.3 Å². The van der Waals surface area contributed by atoms with Gasteiger partial charge in [0.05, 0.1) is 24.6 Å². The molecule has 12 heteroatoms. The van der Waals surface area contributed by atoms with Crippen molar-refractivity contribution in [2.24, 2.45) is 20.2 Å². The van der Waals surface area contributed by atoms with Crippen LogP contribution in [0.5, 0.6) is 0 Å². The van der Waals surface area contributed by atoms with E-state index in [1.165, 1.54) is 22.1 Å². The van der Waals surface area contributed by atoms with E-state index in [0.29, 0.717) is 31.8 Å². The Morgan fingerprint density at radius 3 is 1.67 bits per heavy atom. The number of rotatable bonds is 14. The first kappa shape index (κ1) is 36.0. The number of amidine groups is 2. The van der Waals surface area contributed by atoms with Crippen molar-refractivity contribution < 1.29 is 21.9 Å². The summed E-state index contributed by atoms with van der Waals surface area (Å²) in [4.78, 5) is 21.2. The molecule has 0 fully saturated rings. The molecule has 0 unspecified atom stereocenters. The summed E-state index contributed by atoms with van der Waals surface area (Å²) in [6.45, 7) is 5.39. The summed E-state index contributed by atoms with van der Waals surface area (Å²) >= 11 is 10.2. The molecule has 3 rings (SSSR count). The number of amides is 1. The van der Waals surface area contributed by atoms with Gasteiger partial charge in [0.15, 0.2) is 0 Å². The molecule has 1 amide bonds. The van der Waals surface area contributed by atoms with Crippen LogP contribution in [0, 0.1) is 0 Å². The molecule has 0 bridgehead atoms. The van der Waals surface area contributed by atoms with E-state index in [9.17, 15) is 4.79 Å². The first-order valence-corrected chi connectivity index (χ1v) is 16.6. The van der Waals surface area contributed by atoms with Crippen LogP contribution in [0.3, 0.4) is 0 Å².